The van der Waals surface area contributed by atoms with Gasteiger partial charge in [-0.2, -0.15) is 0 Å². The maximum Gasteiger partial charge on any atom is 0.195 e. The Balaban J connectivity index is 2.51. The Kier molecular flexibility index (Phi) is 3.14. The number of carbonyl (C=O) groups is 1. The number of hydrogen-bond acceptors (Lipinski definition) is 2. The minimum absolute atomic E-state index is 0.225. The summed E-state index contributed by atoms with van der Waals surface area (Å²) in [5, 5.41) is 0. The summed E-state index contributed by atoms with van der Waals surface area (Å²) in [4.78, 5) is 15.8. The van der Waals surface area contributed by atoms with E-state index in [1.807, 2.05) is 0 Å². The van der Waals surface area contributed by atoms with Gasteiger partial charge in [0, 0.05) is 23.5 Å². The third-order valence-electron chi connectivity index (χ3n) is 2.53. The van der Waals surface area contributed by atoms with Gasteiger partial charge in [-0.25, -0.2) is 13.2 Å². The molecule has 0 saturated carbocycles. The van der Waals surface area contributed by atoms with Crippen LogP contribution in [-0.4, -0.2) is 10.8 Å². The molecule has 2 rings (SSSR count). The van der Waals surface area contributed by atoms with Gasteiger partial charge in [0.2, 0.25) is 0 Å². The van der Waals surface area contributed by atoms with Crippen molar-refractivity contribution in [1.29, 1.82) is 0 Å². The van der Waals surface area contributed by atoms with E-state index < -0.39 is 23.2 Å². The smallest absolute Gasteiger partial charge is 0.195 e. The van der Waals surface area contributed by atoms with Crippen LogP contribution in [0.15, 0.2) is 30.6 Å². The fourth-order valence-corrected chi connectivity index (χ4v) is 1.54. The van der Waals surface area contributed by atoms with Crippen LogP contribution in [0, 0.1) is 24.4 Å². The number of aryl methyl sites for hydroxylation is 1. The molecule has 2 aromatic rings. The molecule has 1 aromatic carbocycles. The average molecular weight is 251 g/mol. The molecule has 0 fully saturated rings. The summed E-state index contributed by atoms with van der Waals surface area (Å²) in [5.41, 5.74) is 0.602. The van der Waals surface area contributed by atoms with Crippen molar-refractivity contribution in [2.75, 3.05) is 0 Å². The molecule has 0 radical (unpaired) electrons. The van der Waals surface area contributed by atoms with Gasteiger partial charge in [0.05, 0.1) is 0 Å². The molecule has 1 aromatic heterocycles. The molecule has 0 bridgehead atoms. The van der Waals surface area contributed by atoms with Gasteiger partial charge in [-0.1, -0.05) is 0 Å². The van der Waals surface area contributed by atoms with Crippen LogP contribution >= 0.6 is 0 Å². The first-order chi connectivity index (χ1) is 8.50. The number of nitrogens with zero attached hydrogens (tertiary/aromatic N) is 1. The van der Waals surface area contributed by atoms with E-state index >= 15 is 0 Å². The molecule has 0 aliphatic rings. The molecule has 1 heterocycles. The number of benzene rings is 1. The standard InChI is InChI=1S/C13H8F3NO/c1-7-2-3-17-6-9(7)13(18)8-4-10(14)12(16)11(15)5-8/h2-6H,1H3. The lowest BCUT2D eigenvalue weighted by molar-refractivity contribution is 0.103. The predicted octanol–water partition coefficient (Wildman–Crippen LogP) is 3.04. The Morgan fingerprint density at radius 2 is 1.78 bits per heavy atom. The van der Waals surface area contributed by atoms with Crippen molar-refractivity contribution in [2.45, 2.75) is 6.92 Å². The van der Waals surface area contributed by atoms with Gasteiger partial charge >= 0.3 is 0 Å². The molecular formula is C13H8F3NO. The van der Waals surface area contributed by atoms with Gasteiger partial charge in [0.15, 0.2) is 23.2 Å². The molecule has 92 valence electrons. The molecule has 0 N–H and O–H groups in total. The number of ketones is 1. The van der Waals surface area contributed by atoms with Gasteiger partial charge in [-0.3, -0.25) is 9.78 Å². The third kappa shape index (κ3) is 2.11. The summed E-state index contributed by atoms with van der Waals surface area (Å²) in [6.45, 7) is 1.67. The van der Waals surface area contributed by atoms with E-state index in [-0.39, 0.29) is 11.1 Å². The van der Waals surface area contributed by atoms with Crippen LogP contribution in [0.1, 0.15) is 21.5 Å². The fraction of sp³-hybridized carbons (Fsp3) is 0.0769. The number of hydrogen-bond donors (Lipinski definition) is 0. The van der Waals surface area contributed by atoms with Crippen LogP contribution in [-0.2, 0) is 0 Å². The molecule has 0 saturated heterocycles. The van der Waals surface area contributed by atoms with Gasteiger partial charge in [0.25, 0.3) is 0 Å². The first-order valence-corrected chi connectivity index (χ1v) is 5.10. The van der Waals surface area contributed by atoms with Crippen molar-refractivity contribution in [1.82, 2.24) is 4.98 Å². The van der Waals surface area contributed by atoms with Crippen LogP contribution < -0.4 is 0 Å². The Bertz CT molecular complexity index is 602. The molecule has 2 nitrogen and oxygen atoms in total. The Labute approximate surface area is 101 Å². The molecular weight excluding hydrogens is 243 g/mol. The second kappa shape index (κ2) is 4.60. The SMILES string of the molecule is Cc1ccncc1C(=O)c1cc(F)c(F)c(F)c1. The summed E-state index contributed by atoms with van der Waals surface area (Å²) in [7, 11) is 0. The van der Waals surface area contributed by atoms with E-state index in [4.69, 9.17) is 0 Å². The van der Waals surface area contributed by atoms with Crippen molar-refractivity contribution in [2.24, 2.45) is 0 Å². The van der Waals surface area contributed by atoms with E-state index in [0.29, 0.717) is 17.7 Å². The number of halogens is 3. The molecule has 0 aliphatic heterocycles. The molecule has 18 heavy (non-hydrogen) atoms. The molecule has 0 aliphatic carbocycles. The Morgan fingerprint density at radius 3 is 2.33 bits per heavy atom. The van der Waals surface area contributed by atoms with Crippen molar-refractivity contribution >= 4 is 5.78 Å². The van der Waals surface area contributed by atoms with Crippen LogP contribution in [0.2, 0.25) is 0 Å². The van der Waals surface area contributed by atoms with Crippen LogP contribution in [0.5, 0.6) is 0 Å². The molecule has 0 unspecified atom stereocenters. The summed E-state index contributed by atoms with van der Waals surface area (Å²) < 4.78 is 38.8. The largest absolute Gasteiger partial charge is 0.289 e. The quantitative estimate of drug-likeness (QED) is 0.606. The van der Waals surface area contributed by atoms with Gasteiger partial charge in [0.1, 0.15) is 0 Å². The number of pyridine rings is 1. The van der Waals surface area contributed by atoms with Crippen LogP contribution in [0.25, 0.3) is 0 Å². The highest BCUT2D eigenvalue weighted by atomic mass is 19.2. The summed E-state index contributed by atoms with van der Waals surface area (Å²) in [6, 6.07) is 2.95. The Hall–Kier alpha value is -2.17. The molecule has 0 atom stereocenters. The number of carbonyl (C=O) groups excluding carboxylic acids is 1. The molecule has 5 heteroatoms. The summed E-state index contributed by atoms with van der Waals surface area (Å²) in [6.07, 6.45) is 2.80. The fourth-order valence-electron chi connectivity index (χ4n) is 1.54. The van der Waals surface area contributed by atoms with E-state index in [2.05, 4.69) is 4.98 Å². The van der Waals surface area contributed by atoms with Crippen molar-refractivity contribution < 1.29 is 18.0 Å². The summed E-state index contributed by atoms with van der Waals surface area (Å²) >= 11 is 0. The van der Waals surface area contributed by atoms with Crippen LogP contribution in [0.3, 0.4) is 0 Å². The maximum atomic E-state index is 13.0. The Morgan fingerprint density at radius 1 is 1.17 bits per heavy atom. The second-order valence-electron chi connectivity index (χ2n) is 3.77. The highest BCUT2D eigenvalue weighted by Gasteiger charge is 2.17. The zero-order chi connectivity index (χ0) is 13.3. The highest BCUT2D eigenvalue weighted by Crippen LogP contribution is 2.18. The van der Waals surface area contributed by atoms with Crippen molar-refractivity contribution in [3.8, 4) is 0 Å². The number of aromatic nitrogens is 1. The topological polar surface area (TPSA) is 30.0 Å². The minimum atomic E-state index is -1.59. The average Bonchev–Trinajstić information content (AvgIpc) is 2.35. The lowest BCUT2D eigenvalue weighted by Gasteiger charge is -2.05. The number of rotatable bonds is 2. The minimum Gasteiger partial charge on any atom is -0.289 e. The summed E-state index contributed by atoms with van der Waals surface area (Å²) in [5.74, 6) is -4.97. The first-order valence-electron chi connectivity index (χ1n) is 5.10. The molecule has 0 amide bonds. The zero-order valence-corrected chi connectivity index (χ0v) is 9.38. The first kappa shape index (κ1) is 12.3. The monoisotopic (exact) mass is 251 g/mol. The second-order valence-corrected chi connectivity index (χ2v) is 3.77. The lowest BCUT2D eigenvalue weighted by Crippen LogP contribution is -2.06. The third-order valence-corrected chi connectivity index (χ3v) is 2.53. The van der Waals surface area contributed by atoms with E-state index in [1.165, 1.54) is 12.4 Å². The molecule has 0 spiro atoms. The highest BCUT2D eigenvalue weighted by molar-refractivity contribution is 6.09. The maximum absolute atomic E-state index is 13.0. The lowest BCUT2D eigenvalue weighted by atomic mass is 10.0. The van der Waals surface area contributed by atoms with Crippen molar-refractivity contribution in [3.05, 3.63) is 64.7 Å². The van der Waals surface area contributed by atoms with E-state index in [1.54, 1.807) is 13.0 Å². The predicted molar refractivity (Wildman–Crippen MR) is 58.7 cm³/mol. The van der Waals surface area contributed by atoms with Gasteiger partial charge in [-0.15, -0.1) is 0 Å². The van der Waals surface area contributed by atoms with Gasteiger partial charge in [-0.05, 0) is 30.7 Å². The van der Waals surface area contributed by atoms with Crippen LogP contribution in [0.4, 0.5) is 13.2 Å². The zero-order valence-electron chi connectivity index (χ0n) is 9.38. The van der Waals surface area contributed by atoms with Crippen molar-refractivity contribution in [3.63, 3.8) is 0 Å². The normalized spacial score (nSPS) is 10.4. The van der Waals surface area contributed by atoms with E-state index in [0.717, 1.165) is 0 Å². The van der Waals surface area contributed by atoms with E-state index in [9.17, 15) is 18.0 Å². The van der Waals surface area contributed by atoms with Gasteiger partial charge < -0.3 is 0 Å².